The number of nitrogens with zero attached hydrogens (tertiary/aromatic N) is 1. The van der Waals surface area contributed by atoms with Crippen molar-refractivity contribution in [2.24, 2.45) is 0 Å². The molecule has 0 radical (unpaired) electrons. The average molecular weight is 238 g/mol. The first-order valence-electron chi connectivity index (χ1n) is 5.53. The van der Waals surface area contributed by atoms with Crippen LogP contribution >= 0.6 is 0 Å². The molecule has 94 valence electrons. The highest BCUT2D eigenvalue weighted by atomic mass is 16.3. The van der Waals surface area contributed by atoms with Crippen molar-refractivity contribution in [2.75, 3.05) is 13.6 Å². The minimum atomic E-state index is -0.0235. The van der Waals surface area contributed by atoms with Gasteiger partial charge in [-0.2, -0.15) is 0 Å². The summed E-state index contributed by atoms with van der Waals surface area (Å²) in [6, 6.07) is 3.49. The van der Waals surface area contributed by atoms with E-state index in [1.165, 1.54) is 0 Å². The predicted molar refractivity (Wildman–Crippen MR) is 63.7 cm³/mol. The Balaban J connectivity index is 2.41. The van der Waals surface area contributed by atoms with E-state index in [9.17, 15) is 9.59 Å². The molecule has 0 aromatic carbocycles. The number of hydrogen-bond acceptors (Lipinski definition) is 4. The third-order valence-corrected chi connectivity index (χ3v) is 2.09. The zero-order valence-electron chi connectivity index (χ0n) is 10.4. The maximum atomic E-state index is 11.5. The summed E-state index contributed by atoms with van der Waals surface area (Å²) in [6.07, 6.45) is 0.662. The number of carbonyl (C=O) groups is 2. The van der Waals surface area contributed by atoms with Gasteiger partial charge in [0.1, 0.15) is 5.76 Å². The van der Waals surface area contributed by atoms with Crippen LogP contribution in [0.5, 0.6) is 0 Å². The van der Waals surface area contributed by atoms with E-state index in [-0.39, 0.29) is 11.9 Å². The maximum Gasteiger partial charge on any atom is 0.234 e. The van der Waals surface area contributed by atoms with Crippen molar-refractivity contribution < 1.29 is 14.0 Å². The molecule has 0 saturated heterocycles. The molecule has 17 heavy (non-hydrogen) atoms. The molecule has 1 aromatic rings. The molecule has 1 aromatic heterocycles. The van der Waals surface area contributed by atoms with E-state index in [2.05, 4.69) is 5.32 Å². The summed E-state index contributed by atoms with van der Waals surface area (Å²) in [7, 11) is 1.82. The molecule has 0 spiro atoms. The number of likely N-dealkylation sites (N-methyl/N-ethyl adjacent to an activating group) is 1. The highest BCUT2D eigenvalue weighted by Gasteiger charge is 2.10. The van der Waals surface area contributed by atoms with Gasteiger partial charge in [0.25, 0.3) is 0 Å². The molecule has 0 atom stereocenters. The van der Waals surface area contributed by atoms with Gasteiger partial charge in [0, 0.05) is 6.04 Å². The number of rotatable bonds is 6. The Morgan fingerprint density at radius 3 is 2.76 bits per heavy atom. The van der Waals surface area contributed by atoms with E-state index < -0.39 is 0 Å². The molecule has 1 amide bonds. The minimum absolute atomic E-state index is 0.0235. The molecule has 0 saturated carbocycles. The summed E-state index contributed by atoms with van der Waals surface area (Å²) in [5.41, 5.74) is 0. The molecular formula is C12H18N2O3. The Kier molecular flexibility index (Phi) is 4.90. The second-order valence-corrected chi connectivity index (χ2v) is 4.32. The molecule has 5 nitrogen and oxygen atoms in total. The summed E-state index contributed by atoms with van der Waals surface area (Å²) in [5.74, 6) is 0.955. The maximum absolute atomic E-state index is 11.5. The smallest absolute Gasteiger partial charge is 0.234 e. The normalized spacial score (nSPS) is 10.9. The van der Waals surface area contributed by atoms with Crippen LogP contribution < -0.4 is 5.32 Å². The van der Waals surface area contributed by atoms with Crippen LogP contribution in [-0.4, -0.2) is 36.7 Å². The molecular weight excluding hydrogens is 220 g/mol. The third-order valence-electron chi connectivity index (χ3n) is 2.09. The van der Waals surface area contributed by atoms with Crippen molar-refractivity contribution in [3.63, 3.8) is 0 Å². The van der Waals surface area contributed by atoms with E-state index in [1.54, 1.807) is 12.1 Å². The fourth-order valence-electron chi connectivity index (χ4n) is 1.48. The van der Waals surface area contributed by atoms with Crippen molar-refractivity contribution in [1.29, 1.82) is 0 Å². The number of aldehydes is 1. The Hall–Kier alpha value is -1.62. The van der Waals surface area contributed by atoms with Gasteiger partial charge in [0.2, 0.25) is 5.91 Å². The van der Waals surface area contributed by atoms with Crippen LogP contribution in [0.4, 0.5) is 0 Å². The van der Waals surface area contributed by atoms with Gasteiger partial charge >= 0.3 is 0 Å². The van der Waals surface area contributed by atoms with E-state index in [0.717, 1.165) is 0 Å². The van der Waals surface area contributed by atoms with Gasteiger partial charge in [0.05, 0.1) is 13.1 Å². The van der Waals surface area contributed by atoms with E-state index in [0.29, 0.717) is 30.9 Å². The molecule has 1 rings (SSSR count). The monoisotopic (exact) mass is 238 g/mol. The van der Waals surface area contributed by atoms with Gasteiger partial charge in [-0.05, 0) is 33.0 Å². The summed E-state index contributed by atoms with van der Waals surface area (Å²) in [4.78, 5) is 23.7. The van der Waals surface area contributed by atoms with Crippen molar-refractivity contribution in [3.8, 4) is 0 Å². The first kappa shape index (κ1) is 13.4. The van der Waals surface area contributed by atoms with Gasteiger partial charge in [-0.1, -0.05) is 0 Å². The molecule has 1 heterocycles. The van der Waals surface area contributed by atoms with Gasteiger partial charge in [0.15, 0.2) is 12.0 Å². The Bertz CT molecular complexity index is 385. The molecule has 0 fully saturated rings. The van der Waals surface area contributed by atoms with Gasteiger partial charge in [-0.15, -0.1) is 0 Å². The van der Waals surface area contributed by atoms with Crippen molar-refractivity contribution in [2.45, 2.75) is 26.4 Å². The van der Waals surface area contributed by atoms with Crippen LogP contribution in [0, 0.1) is 0 Å². The number of nitrogens with one attached hydrogen (secondary N) is 1. The minimum Gasteiger partial charge on any atom is -0.457 e. The van der Waals surface area contributed by atoms with Crippen molar-refractivity contribution >= 4 is 12.2 Å². The standard InChI is InChI=1S/C12H18N2O3/c1-9(2)13-12(16)7-14(3)6-10-4-5-11(8-15)17-10/h4-5,8-9H,6-7H2,1-3H3,(H,13,16). The van der Waals surface area contributed by atoms with Crippen molar-refractivity contribution in [1.82, 2.24) is 10.2 Å². The summed E-state index contributed by atoms with van der Waals surface area (Å²) in [6.45, 7) is 4.64. The number of hydrogen-bond donors (Lipinski definition) is 1. The zero-order valence-corrected chi connectivity index (χ0v) is 10.4. The molecule has 0 unspecified atom stereocenters. The topological polar surface area (TPSA) is 62.6 Å². The quantitative estimate of drug-likeness (QED) is 0.752. The van der Waals surface area contributed by atoms with E-state index in [1.807, 2.05) is 25.8 Å². The van der Waals surface area contributed by atoms with Crippen LogP contribution in [0.2, 0.25) is 0 Å². The van der Waals surface area contributed by atoms with Gasteiger partial charge in [-0.3, -0.25) is 14.5 Å². The first-order chi connectivity index (χ1) is 8.01. The molecule has 0 aliphatic heterocycles. The van der Waals surface area contributed by atoms with Crippen LogP contribution in [0.15, 0.2) is 16.5 Å². The van der Waals surface area contributed by atoms with Crippen LogP contribution in [-0.2, 0) is 11.3 Å². The van der Waals surface area contributed by atoms with Crippen molar-refractivity contribution in [3.05, 3.63) is 23.7 Å². The lowest BCUT2D eigenvalue weighted by molar-refractivity contribution is -0.122. The van der Waals surface area contributed by atoms with Gasteiger partial charge < -0.3 is 9.73 Å². The summed E-state index contributed by atoms with van der Waals surface area (Å²) >= 11 is 0. The Morgan fingerprint density at radius 2 is 2.24 bits per heavy atom. The molecule has 5 heteroatoms. The number of furan rings is 1. The Labute approximate surface area is 101 Å². The third kappa shape index (κ3) is 4.82. The predicted octanol–water partition coefficient (Wildman–Crippen LogP) is 1.05. The molecule has 1 N–H and O–H groups in total. The largest absolute Gasteiger partial charge is 0.457 e. The van der Waals surface area contributed by atoms with Crippen LogP contribution in [0.25, 0.3) is 0 Å². The molecule has 0 bridgehead atoms. The van der Waals surface area contributed by atoms with Crippen LogP contribution in [0.3, 0.4) is 0 Å². The highest BCUT2D eigenvalue weighted by molar-refractivity contribution is 5.78. The second-order valence-electron chi connectivity index (χ2n) is 4.32. The second kappa shape index (κ2) is 6.20. The Morgan fingerprint density at radius 1 is 1.53 bits per heavy atom. The highest BCUT2D eigenvalue weighted by Crippen LogP contribution is 2.07. The zero-order chi connectivity index (χ0) is 12.8. The molecule has 0 aliphatic carbocycles. The van der Waals surface area contributed by atoms with Crippen LogP contribution in [0.1, 0.15) is 30.2 Å². The summed E-state index contributed by atoms with van der Waals surface area (Å²) in [5, 5.41) is 2.81. The first-order valence-corrected chi connectivity index (χ1v) is 5.53. The van der Waals surface area contributed by atoms with E-state index >= 15 is 0 Å². The lowest BCUT2D eigenvalue weighted by atomic mass is 10.3. The average Bonchev–Trinajstić information content (AvgIpc) is 2.63. The number of amides is 1. The SMILES string of the molecule is CC(C)NC(=O)CN(C)Cc1ccc(C=O)o1. The fraction of sp³-hybridized carbons (Fsp3) is 0.500. The molecule has 0 aliphatic rings. The fourth-order valence-corrected chi connectivity index (χ4v) is 1.48. The number of carbonyl (C=O) groups excluding carboxylic acids is 2. The van der Waals surface area contributed by atoms with Gasteiger partial charge in [-0.25, -0.2) is 0 Å². The summed E-state index contributed by atoms with van der Waals surface area (Å²) < 4.78 is 5.22. The lowest BCUT2D eigenvalue weighted by Gasteiger charge is -2.16. The lowest BCUT2D eigenvalue weighted by Crippen LogP contribution is -2.38. The van der Waals surface area contributed by atoms with E-state index in [4.69, 9.17) is 4.42 Å².